The first-order valence-corrected chi connectivity index (χ1v) is 10.0. The van der Waals surface area contributed by atoms with Crippen LogP contribution in [-0.2, 0) is 9.59 Å². The van der Waals surface area contributed by atoms with Gasteiger partial charge in [-0.1, -0.05) is 48.5 Å². The predicted octanol–water partition coefficient (Wildman–Crippen LogP) is 5.65. The molecule has 0 saturated carbocycles. The Bertz CT molecular complexity index is 1460. The predicted molar refractivity (Wildman–Crippen MR) is 120 cm³/mol. The van der Waals surface area contributed by atoms with Crippen LogP contribution in [0.25, 0.3) is 16.3 Å². The van der Waals surface area contributed by atoms with Gasteiger partial charge < -0.3 is 5.32 Å². The molecule has 1 aliphatic heterocycles. The summed E-state index contributed by atoms with van der Waals surface area (Å²) in [6.07, 6.45) is 0. The zero-order valence-corrected chi connectivity index (χ0v) is 17.0. The molecule has 4 aromatic rings. The van der Waals surface area contributed by atoms with Crippen LogP contribution in [-0.4, -0.2) is 11.8 Å². The van der Waals surface area contributed by atoms with E-state index in [-0.39, 0.29) is 16.8 Å². The van der Waals surface area contributed by atoms with Gasteiger partial charge in [0.15, 0.2) is 0 Å². The van der Waals surface area contributed by atoms with Crippen molar-refractivity contribution in [2.75, 3.05) is 10.2 Å². The number of rotatable bonds is 4. The third-order valence-corrected chi connectivity index (χ3v) is 5.42. The van der Waals surface area contributed by atoms with Crippen molar-refractivity contribution >= 4 is 39.5 Å². The Labute approximate surface area is 186 Å². The summed E-state index contributed by atoms with van der Waals surface area (Å²) in [6, 6.07) is 20.4. The molecule has 0 fully saturated rings. The SMILES string of the molecule is O=C1C(Nc2cccc3ccccc23)=C(c2ccc(F)cc2)C(=O)N1c1cc(F)ccc1F. The summed E-state index contributed by atoms with van der Waals surface area (Å²) < 4.78 is 41.9. The number of carbonyl (C=O) groups excluding carboxylic acids is 2. The number of nitrogens with one attached hydrogen (secondary N) is 1. The molecular formula is C26H15F3N2O2. The molecule has 2 amide bonds. The Balaban J connectivity index is 1.68. The van der Waals surface area contributed by atoms with Crippen molar-refractivity contribution in [3.05, 3.63) is 114 Å². The van der Waals surface area contributed by atoms with Crippen LogP contribution in [0.1, 0.15) is 5.56 Å². The van der Waals surface area contributed by atoms with Crippen LogP contribution in [0.15, 0.2) is 90.6 Å². The van der Waals surface area contributed by atoms with Crippen molar-refractivity contribution in [1.82, 2.24) is 0 Å². The molecule has 5 rings (SSSR count). The summed E-state index contributed by atoms with van der Waals surface area (Å²) in [5.74, 6) is -3.95. The molecular weight excluding hydrogens is 429 g/mol. The minimum atomic E-state index is -0.928. The zero-order valence-electron chi connectivity index (χ0n) is 17.0. The lowest BCUT2D eigenvalue weighted by Crippen LogP contribution is -2.33. The van der Waals surface area contributed by atoms with E-state index in [1.165, 1.54) is 12.1 Å². The van der Waals surface area contributed by atoms with Gasteiger partial charge >= 0.3 is 0 Å². The van der Waals surface area contributed by atoms with Gasteiger partial charge in [-0.05, 0) is 41.3 Å². The van der Waals surface area contributed by atoms with Crippen molar-refractivity contribution in [2.24, 2.45) is 0 Å². The van der Waals surface area contributed by atoms with Gasteiger partial charge in [-0.3, -0.25) is 9.59 Å². The fourth-order valence-corrected chi connectivity index (χ4v) is 3.88. The van der Waals surface area contributed by atoms with Gasteiger partial charge in [-0.15, -0.1) is 0 Å². The van der Waals surface area contributed by atoms with E-state index in [1.54, 1.807) is 12.1 Å². The van der Waals surface area contributed by atoms with Gasteiger partial charge in [0.2, 0.25) is 0 Å². The molecule has 1 aliphatic rings. The van der Waals surface area contributed by atoms with E-state index < -0.39 is 35.0 Å². The summed E-state index contributed by atoms with van der Waals surface area (Å²) in [5, 5.41) is 4.71. The minimum Gasteiger partial charge on any atom is -0.350 e. The molecule has 33 heavy (non-hydrogen) atoms. The third kappa shape index (κ3) is 3.53. The molecule has 0 radical (unpaired) electrons. The highest BCUT2D eigenvalue weighted by atomic mass is 19.1. The highest BCUT2D eigenvalue weighted by Crippen LogP contribution is 2.36. The first-order valence-electron chi connectivity index (χ1n) is 10.0. The fraction of sp³-hybridized carbons (Fsp3) is 0. The van der Waals surface area contributed by atoms with Crippen molar-refractivity contribution < 1.29 is 22.8 Å². The number of halogens is 3. The van der Waals surface area contributed by atoms with Gasteiger partial charge in [0.1, 0.15) is 23.1 Å². The molecule has 0 aromatic heterocycles. The molecule has 1 heterocycles. The van der Waals surface area contributed by atoms with E-state index in [2.05, 4.69) is 5.32 Å². The topological polar surface area (TPSA) is 49.4 Å². The van der Waals surface area contributed by atoms with Crippen molar-refractivity contribution in [1.29, 1.82) is 0 Å². The third-order valence-electron chi connectivity index (χ3n) is 5.42. The van der Waals surface area contributed by atoms with Crippen LogP contribution in [0.3, 0.4) is 0 Å². The Morgan fingerprint density at radius 3 is 2.18 bits per heavy atom. The van der Waals surface area contributed by atoms with Gasteiger partial charge in [0.25, 0.3) is 11.8 Å². The lowest BCUT2D eigenvalue weighted by Gasteiger charge is -2.16. The summed E-state index contributed by atoms with van der Waals surface area (Å²) in [4.78, 5) is 27.3. The monoisotopic (exact) mass is 444 g/mol. The zero-order chi connectivity index (χ0) is 23.1. The molecule has 7 heteroatoms. The Morgan fingerprint density at radius 1 is 0.697 bits per heavy atom. The highest BCUT2D eigenvalue weighted by molar-refractivity contribution is 6.46. The molecule has 0 aliphatic carbocycles. The largest absolute Gasteiger partial charge is 0.350 e. The van der Waals surface area contributed by atoms with Crippen molar-refractivity contribution in [2.45, 2.75) is 0 Å². The van der Waals surface area contributed by atoms with Crippen LogP contribution in [0.2, 0.25) is 0 Å². The van der Waals surface area contributed by atoms with Crippen LogP contribution in [0.4, 0.5) is 24.5 Å². The normalized spacial score (nSPS) is 13.8. The number of hydrogen-bond donors (Lipinski definition) is 1. The maximum Gasteiger partial charge on any atom is 0.282 e. The average molecular weight is 444 g/mol. The number of anilines is 2. The van der Waals surface area contributed by atoms with Crippen LogP contribution in [0, 0.1) is 17.5 Å². The van der Waals surface area contributed by atoms with Crippen LogP contribution < -0.4 is 10.2 Å². The second-order valence-electron chi connectivity index (χ2n) is 7.45. The maximum atomic E-state index is 14.5. The van der Waals surface area contributed by atoms with Gasteiger partial charge in [-0.25, -0.2) is 18.1 Å². The Morgan fingerprint density at radius 2 is 1.39 bits per heavy atom. The fourth-order valence-electron chi connectivity index (χ4n) is 3.88. The first-order chi connectivity index (χ1) is 15.9. The lowest BCUT2D eigenvalue weighted by atomic mass is 10.0. The molecule has 0 spiro atoms. The van der Waals surface area contributed by atoms with E-state index in [4.69, 9.17) is 0 Å². The molecule has 4 aromatic carbocycles. The number of benzene rings is 4. The second kappa shape index (κ2) is 7.94. The minimum absolute atomic E-state index is 0.0726. The smallest absolute Gasteiger partial charge is 0.282 e. The van der Waals surface area contributed by atoms with Gasteiger partial charge in [-0.2, -0.15) is 0 Å². The summed E-state index contributed by atoms with van der Waals surface area (Å²) in [6.45, 7) is 0. The van der Waals surface area contributed by atoms with Crippen LogP contribution in [0.5, 0.6) is 0 Å². The summed E-state index contributed by atoms with van der Waals surface area (Å²) in [5.41, 5.74) is 0.116. The molecule has 0 saturated heterocycles. The molecule has 0 bridgehead atoms. The number of nitrogens with zero attached hydrogens (tertiary/aromatic N) is 1. The lowest BCUT2D eigenvalue weighted by molar-refractivity contribution is -0.120. The van der Waals surface area contributed by atoms with E-state index in [9.17, 15) is 22.8 Å². The number of fused-ring (bicyclic) bond motifs is 1. The van der Waals surface area contributed by atoms with E-state index in [0.717, 1.165) is 41.1 Å². The van der Waals surface area contributed by atoms with E-state index >= 15 is 0 Å². The second-order valence-corrected chi connectivity index (χ2v) is 7.45. The number of amides is 2. The summed E-state index contributed by atoms with van der Waals surface area (Å²) in [7, 11) is 0. The van der Waals surface area contributed by atoms with Crippen LogP contribution >= 0.6 is 0 Å². The number of hydrogen-bond acceptors (Lipinski definition) is 3. The highest BCUT2D eigenvalue weighted by Gasteiger charge is 2.41. The van der Waals surface area contributed by atoms with E-state index in [0.29, 0.717) is 10.6 Å². The molecule has 4 nitrogen and oxygen atoms in total. The molecule has 1 N–H and O–H groups in total. The Kier molecular flexibility index (Phi) is 4.94. The molecule has 162 valence electrons. The summed E-state index contributed by atoms with van der Waals surface area (Å²) >= 11 is 0. The molecule has 0 unspecified atom stereocenters. The van der Waals surface area contributed by atoms with Gasteiger partial charge in [0.05, 0.1) is 11.3 Å². The maximum absolute atomic E-state index is 14.5. The standard InChI is InChI=1S/C26H15F3N2O2/c27-17-10-8-16(9-11-17)23-24(30-21-7-3-5-15-4-1-2-6-19(15)21)26(33)31(25(23)32)22-14-18(28)12-13-20(22)29/h1-14,30H. The Hall–Kier alpha value is -4.39. The number of imide groups is 1. The first kappa shape index (κ1) is 20.5. The van der Waals surface area contributed by atoms with E-state index in [1.807, 2.05) is 30.3 Å². The van der Waals surface area contributed by atoms with Crippen molar-refractivity contribution in [3.8, 4) is 0 Å². The van der Waals surface area contributed by atoms with Gasteiger partial charge in [0, 0.05) is 17.1 Å². The molecule has 0 atom stereocenters. The number of carbonyl (C=O) groups is 2. The average Bonchev–Trinajstić information content (AvgIpc) is 3.05. The van der Waals surface area contributed by atoms with Crippen molar-refractivity contribution in [3.63, 3.8) is 0 Å². The quantitative estimate of drug-likeness (QED) is 0.414.